The largest absolute Gasteiger partial charge is 0.483 e. The number of urea groups is 1. The summed E-state index contributed by atoms with van der Waals surface area (Å²) in [5.74, 6) is 7.76. The Labute approximate surface area is 339 Å². The van der Waals surface area contributed by atoms with Crippen LogP contribution in [-0.4, -0.2) is 70.3 Å². The van der Waals surface area contributed by atoms with Gasteiger partial charge in [-0.15, -0.1) is 0 Å². The number of hydrogen-bond acceptors (Lipinski definition) is 7. The molecule has 3 heterocycles. The van der Waals surface area contributed by atoms with Crippen LogP contribution >= 0.6 is 0 Å². The maximum absolute atomic E-state index is 13.1. The molecular weight excluding hydrogens is 731 g/mol. The van der Waals surface area contributed by atoms with Gasteiger partial charge in [0, 0.05) is 48.1 Å². The average Bonchev–Trinajstić information content (AvgIpc) is 3.56. The summed E-state index contributed by atoms with van der Waals surface area (Å²) in [6.45, 7) is 7.32. The van der Waals surface area contributed by atoms with Crippen LogP contribution in [-0.2, 0) is 23.1 Å². The van der Waals surface area contributed by atoms with Crippen molar-refractivity contribution in [3.8, 4) is 11.8 Å². The van der Waals surface area contributed by atoms with Crippen molar-refractivity contribution < 1.29 is 24.3 Å². The molecule has 58 heavy (non-hydrogen) atoms. The van der Waals surface area contributed by atoms with Gasteiger partial charge in [-0.05, 0) is 117 Å². The molecule has 4 aromatic carbocycles. The highest BCUT2D eigenvalue weighted by Crippen LogP contribution is 2.31. The van der Waals surface area contributed by atoms with Gasteiger partial charge in [0.05, 0.1) is 11.6 Å². The van der Waals surface area contributed by atoms with E-state index in [2.05, 4.69) is 68.9 Å². The van der Waals surface area contributed by atoms with E-state index in [0.29, 0.717) is 29.5 Å². The number of para-hydroxylation sites is 1. The fourth-order valence-corrected chi connectivity index (χ4v) is 8.10. The van der Waals surface area contributed by atoms with E-state index in [9.17, 15) is 14.4 Å². The number of aromatic nitrogens is 2. The number of nitrogens with two attached hydrogens (primary N) is 1. The number of carbonyl (C=O) groups is 4. The third-order valence-electron chi connectivity index (χ3n) is 11.2. The predicted octanol–water partition coefficient (Wildman–Crippen LogP) is 7.12. The van der Waals surface area contributed by atoms with Gasteiger partial charge in [-0.3, -0.25) is 29.3 Å². The van der Waals surface area contributed by atoms with Crippen molar-refractivity contribution in [1.29, 1.82) is 0 Å². The number of amides is 4. The quantitative estimate of drug-likeness (QED) is 0.0477. The van der Waals surface area contributed by atoms with Gasteiger partial charge in [-0.1, -0.05) is 73.2 Å². The zero-order chi connectivity index (χ0) is 41.2. The molecule has 7 rings (SSSR count). The van der Waals surface area contributed by atoms with Crippen molar-refractivity contribution in [1.82, 2.24) is 25.3 Å². The number of fused-ring (bicyclic) bond motifs is 2. The molecule has 2 fully saturated rings. The molecule has 5 aromatic rings. The Kier molecular flexibility index (Phi) is 13.8. The molecule has 12 nitrogen and oxygen atoms in total. The summed E-state index contributed by atoms with van der Waals surface area (Å²) in [5.41, 5.74) is 12.4. The zero-order valence-electron chi connectivity index (χ0n) is 33.6. The maximum atomic E-state index is 13.1. The standard InChI is InChI=1S/C45H51N7O3.CH2O2/c1-30-16-20-35(46)29-40(30)44(54)47-31(2)36-21-19-33(37-13-7-8-14-38(36)37)18-17-32-22-26-51(27-23-32)25-9-5-4-6-11-34-12-10-15-39-42(34)50(3)49-43(39)52-28-24-41(53)48-45(52)55;2-1-3/h7-8,10,12-16,19-21,29,31-32H,4-6,9,11,22-28,46H2,1-3H3,(H,47,54)(H,48,53,55);1H,(H,2,3)/t31-;/m1./s1. The number of anilines is 2. The molecule has 302 valence electrons. The fourth-order valence-electron chi connectivity index (χ4n) is 8.10. The number of imide groups is 1. The van der Waals surface area contributed by atoms with E-state index in [1.807, 2.05) is 55.9 Å². The normalized spacial score (nSPS) is 15.3. The number of aryl methyl sites for hydroxylation is 3. The molecule has 12 heteroatoms. The van der Waals surface area contributed by atoms with E-state index < -0.39 is 6.03 Å². The van der Waals surface area contributed by atoms with Crippen LogP contribution < -0.4 is 21.3 Å². The molecule has 2 saturated heterocycles. The number of benzene rings is 4. The van der Waals surface area contributed by atoms with Crippen LogP contribution in [0.25, 0.3) is 21.7 Å². The molecule has 0 aliphatic carbocycles. The first-order valence-electron chi connectivity index (χ1n) is 20.1. The second kappa shape index (κ2) is 19.3. The Morgan fingerprint density at radius 1 is 0.983 bits per heavy atom. The summed E-state index contributed by atoms with van der Waals surface area (Å²) in [6.07, 6.45) is 8.06. The van der Waals surface area contributed by atoms with E-state index in [1.165, 1.54) is 24.8 Å². The Bertz CT molecular complexity index is 2350. The number of rotatable bonds is 11. The molecular formula is C46H53N7O5. The van der Waals surface area contributed by atoms with E-state index in [4.69, 9.17) is 15.6 Å². The maximum Gasteiger partial charge on any atom is 0.329 e. The first kappa shape index (κ1) is 41.4. The van der Waals surface area contributed by atoms with E-state index in [-0.39, 0.29) is 30.7 Å². The summed E-state index contributed by atoms with van der Waals surface area (Å²) < 4.78 is 1.87. The molecule has 0 saturated carbocycles. The van der Waals surface area contributed by atoms with Crippen LogP contribution in [0.2, 0.25) is 0 Å². The van der Waals surface area contributed by atoms with Crippen LogP contribution in [0.15, 0.2) is 72.8 Å². The second-order valence-electron chi connectivity index (χ2n) is 15.2. The predicted molar refractivity (Wildman–Crippen MR) is 229 cm³/mol. The topological polar surface area (TPSA) is 163 Å². The van der Waals surface area contributed by atoms with Gasteiger partial charge >= 0.3 is 6.03 Å². The molecule has 1 atom stereocenters. The Hall–Kier alpha value is -6.19. The monoisotopic (exact) mass is 783 g/mol. The Morgan fingerprint density at radius 2 is 1.71 bits per heavy atom. The summed E-state index contributed by atoms with van der Waals surface area (Å²) in [5, 5.41) is 20.3. The van der Waals surface area contributed by atoms with Crippen LogP contribution in [0, 0.1) is 24.7 Å². The van der Waals surface area contributed by atoms with Gasteiger partial charge in [0.1, 0.15) is 0 Å². The average molecular weight is 784 g/mol. The van der Waals surface area contributed by atoms with E-state index >= 15 is 0 Å². The molecule has 4 amide bonds. The number of carboxylic acid groups (broad SMARTS) is 1. The third-order valence-corrected chi connectivity index (χ3v) is 11.2. The van der Waals surface area contributed by atoms with Crippen molar-refractivity contribution in [2.24, 2.45) is 13.0 Å². The van der Waals surface area contributed by atoms with Gasteiger partial charge in [0.2, 0.25) is 5.91 Å². The first-order valence-corrected chi connectivity index (χ1v) is 20.1. The number of unbranched alkanes of at least 4 members (excludes halogenated alkanes) is 3. The van der Waals surface area contributed by atoms with Crippen molar-refractivity contribution in [2.75, 3.05) is 36.8 Å². The first-order chi connectivity index (χ1) is 28.1. The van der Waals surface area contributed by atoms with Crippen LogP contribution in [0.4, 0.5) is 16.3 Å². The smallest absolute Gasteiger partial charge is 0.329 e. The highest BCUT2D eigenvalue weighted by atomic mass is 16.3. The second-order valence-corrected chi connectivity index (χ2v) is 15.2. The minimum absolute atomic E-state index is 0.130. The minimum atomic E-state index is -0.407. The SMILES string of the molecule is Cc1ccc(N)cc1C(=O)N[C@H](C)c1ccc(C#CC2CCN(CCCCCCc3cccc4c(N5CCC(=O)NC5=O)nn(C)c34)CC2)c2ccccc12.O=CO. The minimum Gasteiger partial charge on any atom is -0.483 e. The molecule has 0 spiro atoms. The van der Waals surface area contributed by atoms with Gasteiger partial charge in [-0.2, -0.15) is 5.10 Å². The summed E-state index contributed by atoms with van der Waals surface area (Å²) in [7, 11) is 1.92. The highest BCUT2D eigenvalue weighted by molar-refractivity contribution is 6.09. The number of likely N-dealkylation sites (tertiary alicyclic amines) is 1. The lowest BCUT2D eigenvalue weighted by molar-refractivity contribution is -0.123. The molecule has 0 unspecified atom stereocenters. The zero-order valence-corrected chi connectivity index (χ0v) is 33.6. The third kappa shape index (κ3) is 9.84. The lowest BCUT2D eigenvalue weighted by Gasteiger charge is -2.29. The van der Waals surface area contributed by atoms with Crippen LogP contribution in [0.1, 0.15) is 90.5 Å². The number of piperidine rings is 1. The van der Waals surface area contributed by atoms with Gasteiger partial charge in [0.15, 0.2) is 5.82 Å². The Morgan fingerprint density at radius 3 is 2.47 bits per heavy atom. The molecule has 0 bridgehead atoms. The number of nitrogen functional groups attached to an aromatic ring is 1. The summed E-state index contributed by atoms with van der Waals surface area (Å²) in [4.78, 5) is 49.8. The van der Waals surface area contributed by atoms with Crippen molar-refractivity contribution in [3.63, 3.8) is 0 Å². The Balaban J connectivity index is 0.00000183. The lowest BCUT2D eigenvalue weighted by atomic mass is 9.94. The molecule has 0 radical (unpaired) electrons. The number of nitrogens with zero attached hydrogens (tertiary/aromatic N) is 4. The van der Waals surface area contributed by atoms with E-state index in [0.717, 1.165) is 83.7 Å². The van der Waals surface area contributed by atoms with Gasteiger partial charge in [-0.25, -0.2) is 4.79 Å². The van der Waals surface area contributed by atoms with Crippen molar-refractivity contribution >= 4 is 57.5 Å². The fraction of sp³-hybridized carbons (Fsp3) is 0.370. The molecule has 2 aliphatic heterocycles. The van der Waals surface area contributed by atoms with Crippen molar-refractivity contribution in [3.05, 3.63) is 101 Å². The van der Waals surface area contributed by atoms with E-state index in [1.54, 1.807) is 11.0 Å². The van der Waals surface area contributed by atoms with Crippen molar-refractivity contribution in [2.45, 2.75) is 71.3 Å². The highest BCUT2D eigenvalue weighted by Gasteiger charge is 2.28. The van der Waals surface area contributed by atoms with Crippen LogP contribution in [0.5, 0.6) is 0 Å². The number of carbonyl (C=O) groups excluding carboxylic acids is 3. The van der Waals surface area contributed by atoms with Crippen LogP contribution in [0.3, 0.4) is 0 Å². The summed E-state index contributed by atoms with van der Waals surface area (Å²) >= 11 is 0. The number of nitrogens with one attached hydrogen (secondary N) is 2. The molecule has 2 aliphatic rings. The molecule has 1 aromatic heterocycles. The summed E-state index contributed by atoms with van der Waals surface area (Å²) in [6, 6.07) is 23.6. The number of hydrogen-bond donors (Lipinski definition) is 4. The molecule has 5 N–H and O–H groups in total. The van der Waals surface area contributed by atoms with Gasteiger partial charge < -0.3 is 21.1 Å². The van der Waals surface area contributed by atoms with Gasteiger partial charge in [0.25, 0.3) is 12.4 Å². The lowest BCUT2D eigenvalue weighted by Crippen LogP contribution is -2.49.